The summed E-state index contributed by atoms with van der Waals surface area (Å²) in [5, 5.41) is 0. The molecule has 3 rings (SSSR count). The first-order valence-corrected chi connectivity index (χ1v) is 9.41. The Kier molecular flexibility index (Phi) is 5.27. The quantitative estimate of drug-likeness (QED) is 0.841. The SMILES string of the molecule is CCN(C(C)=O)C1CCOC2(CCN(c3nc(C)cc(C)n3)CC2)C1. The van der Waals surface area contributed by atoms with Crippen LogP contribution in [-0.2, 0) is 9.53 Å². The van der Waals surface area contributed by atoms with Crippen LogP contribution in [0.25, 0.3) is 0 Å². The number of carbonyl (C=O) groups is 1. The number of anilines is 1. The minimum absolute atomic E-state index is 0.0961. The van der Waals surface area contributed by atoms with Crippen molar-refractivity contribution in [2.45, 2.75) is 65.0 Å². The number of carbonyl (C=O) groups excluding carboxylic acids is 1. The van der Waals surface area contributed by atoms with Crippen LogP contribution in [0.15, 0.2) is 6.07 Å². The fourth-order valence-electron chi connectivity index (χ4n) is 4.32. The molecule has 1 aromatic rings. The van der Waals surface area contributed by atoms with Gasteiger partial charge in [0.05, 0.1) is 5.60 Å². The fourth-order valence-corrected chi connectivity index (χ4v) is 4.32. The third-order valence-corrected chi connectivity index (χ3v) is 5.58. The summed E-state index contributed by atoms with van der Waals surface area (Å²) in [4.78, 5) is 25.4. The van der Waals surface area contributed by atoms with Gasteiger partial charge in [0.1, 0.15) is 0 Å². The van der Waals surface area contributed by atoms with Gasteiger partial charge in [-0.25, -0.2) is 9.97 Å². The second kappa shape index (κ2) is 7.28. The van der Waals surface area contributed by atoms with Crippen LogP contribution in [0.1, 0.15) is 50.9 Å². The summed E-state index contributed by atoms with van der Waals surface area (Å²) in [6.07, 6.45) is 3.83. The monoisotopic (exact) mass is 346 g/mol. The Morgan fingerprint density at radius 3 is 2.52 bits per heavy atom. The molecular formula is C19H30N4O2. The zero-order valence-electron chi connectivity index (χ0n) is 15.9. The highest BCUT2D eigenvalue weighted by Crippen LogP contribution is 2.37. The van der Waals surface area contributed by atoms with Crippen molar-refractivity contribution >= 4 is 11.9 Å². The summed E-state index contributed by atoms with van der Waals surface area (Å²) in [5.41, 5.74) is 1.93. The molecule has 2 saturated heterocycles. The highest BCUT2D eigenvalue weighted by Gasteiger charge is 2.42. The van der Waals surface area contributed by atoms with E-state index in [1.54, 1.807) is 6.92 Å². The van der Waals surface area contributed by atoms with E-state index in [0.29, 0.717) is 6.04 Å². The first kappa shape index (κ1) is 18.1. The summed E-state index contributed by atoms with van der Waals surface area (Å²) in [6, 6.07) is 2.31. The molecule has 2 fully saturated rings. The van der Waals surface area contributed by atoms with Crippen LogP contribution in [0.3, 0.4) is 0 Å². The normalized spacial score (nSPS) is 22.9. The van der Waals surface area contributed by atoms with Gasteiger partial charge in [0.15, 0.2) is 0 Å². The lowest BCUT2D eigenvalue weighted by Gasteiger charge is -2.48. The number of piperidine rings is 1. The van der Waals surface area contributed by atoms with E-state index in [1.807, 2.05) is 24.8 Å². The number of nitrogens with zero attached hydrogens (tertiary/aromatic N) is 4. The van der Waals surface area contributed by atoms with Gasteiger partial charge in [0.2, 0.25) is 11.9 Å². The lowest BCUT2D eigenvalue weighted by Crippen LogP contribution is -2.54. The van der Waals surface area contributed by atoms with Crippen molar-refractivity contribution < 1.29 is 9.53 Å². The molecule has 6 nitrogen and oxygen atoms in total. The number of hydrogen-bond donors (Lipinski definition) is 0. The predicted octanol–water partition coefficient (Wildman–Crippen LogP) is 2.48. The van der Waals surface area contributed by atoms with Gasteiger partial charge in [0, 0.05) is 50.6 Å². The maximum absolute atomic E-state index is 11.9. The van der Waals surface area contributed by atoms with Gasteiger partial charge in [-0.1, -0.05) is 0 Å². The predicted molar refractivity (Wildman–Crippen MR) is 97.7 cm³/mol. The molecule has 1 unspecified atom stereocenters. The van der Waals surface area contributed by atoms with E-state index in [9.17, 15) is 4.79 Å². The fraction of sp³-hybridized carbons (Fsp3) is 0.737. The molecule has 1 spiro atoms. The zero-order chi connectivity index (χ0) is 18.0. The average Bonchev–Trinajstić information content (AvgIpc) is 2.55. The third kappa shape index (κ3) is 3.94. The van der Waals surface area contributed by atoms with E-state index in [-0.39, 0.29) is 11.5 Å². The first-order valence-electron chi connectivity index (χ1n) is 9.41. The molecule has 138 valence electrons. The van der Waals surface area contributed by atoms with Crippen LogP contribution in [0, 0.1) is 13.8 Å². The lowest BCUT2D eigenvalue weighted by molar-refractivity contribution is -0.143. The second-order valence-electron chi connectivity index (χ2n) is 7.42. The molecule has 0 aliphatic carbocycles. The van der Waals surface area contributed by atoms with Crippen molar-refractivity contribution in [1.29, 1.82) is 0 Å². The van der Waals surface area contributed by atoms with E-state index in [4.69, 9.17) is 4.74 Å². The van der Waals surface area contributed by atoms with E-state index < -0.39 is 0 Å². The molecule has 0 aromatic carbocycles. The highest BCUT2D eigenvalue weighted by molar-refractivity contribution is 5.73. The Bertz CT molecular complexity index is 606. The summed E-state index contributed by atoms with van der Waals surface area (Å²) >= 11 is 0. The molecule has 1 amide bonds. The van der Waals surface area contributed by atoms with E-state index in [2.05, 4.69) is 21.8 Å². The van der Waals surface area contributed by atoms with Crippen molar-refractivity contribution in [1.82, 2.24) is 14.9 Å². The maximum Gasteiger partial charge on any atom is 0.225 e. The molecule has 6 heteroatoms. The minimum Gasteiger partial charge on any atom is -0.375 e. The van der Waals surface area contributed by atoms with Crippen molar-refractivity contribution in [3.8, 4) is 0 Å². The molecule has 1 aromatic heterocycles. The minimum atomic E-state index is -0.0961. The van der Waals surface area contributed by atoms with Crippen molar-refractivity contribution in [3.05, 3.63) is 17.5 Å². The average molecular weight is 346 g/mol. The van der Waals surface area contributed by atoms with E-state index >= 15 is 0 Å². The summed E-state index contributed by atoms with van der Waals surface area (Å²) < 4.78 is 6.24. The van der Waals surface area contributed by atoms with Gasteiger partial charge in [-0.3, -0.25) is 4.79 Å². The Labute approximate surface area is 150 Å². The lowest BCUT2D eigenvalue weighted by atomic mass is 9.82. The van der Waals surface area contributed by atoms with Crippen LogP contribution in [0.5, 0.6) is 0 Å². The Morgan fingerprint density at radius 1 is 1.32 bits per heavy atom. The van der Waals surface area contributed by atoms with Crippen molar-refractivity contribution in [3.63, 3.8) is 0 Å². The first-order chi connectivity index (χ1) is 11.9. The van der Waals surface area contributed by atoms with Gasteiger partial charge >= 0.3 is 0 Å². The summed E-state index contributed by atoms with van der Waals surface area (Å²) in [7, 11) is 0. The summed E-state index contributed by atoms with van der Waals surface area (Å²) in [5.74, 6) is 1.00. The van der Waals surface area contributed by atoms with Crippen LogP contribution >= 0.6 is 0 Å². The number of aryl methyl sites for hydroxylation is 2. The molecule has 0 bridgehead atoms. The molecule has 1 atom stereocenters. The van der Waals surface area contributed by atoms with Crippen molar-refractivity contribution in [2.75, 3.05) is 31.1 Å². The highest BCUT2D eigenvalue weighted by atomic mass is 16.5. The number of ether oxygens (including phenoxy) is 1. The Morgan fingerprint density at radius 2 is 1.96 bits per heavy atom. The van der Waals surface area contributed by atoms with Crippen LogP contribution in [0.4, 0.5) is 5.95 Å². The van der Waals surface area contributed by atoms with Gasteiger partial charge in [-0.2, -0.15) is 0 Å². The topological polar surface area (TPSA) is 58.6 Å². The molecule has 3 heterocycles. The Balaban J connectivity index is 1.67. The van der Waals surface area contributed by atoms with Gasteiger partial charge < -0.3 is 14.5 Å². The molecular weight excluding hydrogens is 316 g/mol. The number of rotatable bonds is 3. The second-order valence-corrected chi connectivity index (χ2v) is 7.42. The molecule has 25 heavy (non-hydrogen) atoms. The van der Waals surface area contributed by atoms with E-state index in [0.717, 1.165) is 69.3 Å². The third-order valence-electron chi connectivity index (χ3n) is 5.58. The molecule has 0 radical (unpaired) electrons. The van der Waals surface area contributed by atoms with Crippen LogP contribution in [0.2, 0.25) is 0 Å². The molecule has 2 aliphatic rings. The van der Waals surface area contributed by atoms with Gasteiger partial charge in [-0.15, -0.1) is 0 Å². The Hall–Kier alpha value is -1.69. The number of hydrogen-bond acceptors (Lipinski definition) is 5. The number of aromatic nitrogens is 2. The standard InChI is InChI=1S/C19H30N4O2/c1-5-23(16(4)24)17-6-11-25-19(13-17)7-9-22(10-8-19)18-20-14(2)12-15(3)21-18/h12,17H,5-11,13H2,1-4H3. The van der Waals surface area contributed by atoms with Crippen LogP contribution in [-0.4, -0.2) is 58.7 Å². The molecule has 2 aliphatic heterocycles. The van der Waals surface area contributed by atoms with E-state index in [1.165, 1.54) is 0 Å². The largest absolute Gasteiger partial charge is 0.375 e. The van der Waals surface area contributed by atoms with Gasteiger partial charge in [-0.05, 0) is 52.5 Å². The zero-order valence-corrected chi connectivity index (χ0v) is 15.9. The molecule has 0 saturated carbocycles. The van der Waals surface area contributed by atoms with Crippen molar-refractivity contribution in [2.24, 2.45) is 0 Å². The smallest absolute Gasteiger partial charge is 0.225 e. The summed E-state index contributed by atoms with van der Waals surface area (Å²) in [6.45, 7) is 11.1. The van der Waals surface area contributed by atoms with Gasteiger partial charge in [0.25, 0.3) is 0 Å². The number of amides is 1. The van der Waals surface area contributed by atoms with Crippen LogP contribution < -0.4 is 4.90 Å². The molecule has 0 N–H and O–H groups in total. The maximum atomic E-state index is 11.9.